The van der Waals surface area contributed by atoms with Crippen molar-refractivity contribution in [1.82, 2.24) is 9.47 Å². The predicted molar refractivity (Wildman–Crippen MR) is 121 cm³/mol. The summed E-state index contributed by atoms with van der Waals surface area (Å²) in [4.78, 5) is 6.70. The van der Waals surface area contributed by atoms with Crippen LogP contribution in [0.25, 0.3) is 11.1 Å². The maximum absolute atomic E-state index is 4.66. The van der Waals surface area contributed by atoms with E-state index in [1.807, 2.05) is 38.1 Å². The number of hydrogen-bond acceptors (Lipinski definition) is 1. The lowest BCUT2D eigenvalue weighted by Crippen LogP contribution is -2.35. The molecule has 0 N–H and O–H groups in total. The Balaban J connectivity index is 1.65. The van der Waals surface area contributed by atoms with Crippen LogP contribution in [0.5, 0.6) is 0 Å². The molecule has 0 aliphatic rings. The zero-order chi connectivity index (χ0) is 20.8. The van der Waals surface area contributed by atoms with Gasteiger partial charge in [-0.2, -0.15) is 0 Å². The third kappa shape index (κ3) is 5.23. The number of rotatable bonds is 6. The molecule has 150 valence electrons. The molecule has 2 aromatic carbocycles. The van der Waals surface area contributed by atoms with E-state index in [-0.39, 0.29) is 0 Å². The van der Waals surface area contributed by atoms with Crippen molar-refractivity contribution in [1.29, 1.82) is 0 Å². The quantitative estimate of drug-likeness (QED) is 0.341. The van der Waals surface area contributed by atoms with Crippen molar-refractivity contribution in [2.75, 3.05) is 7.05 Å². The maximum Gasteiger partial charge on any atom is 0.253 e. The molecule has 0 spiro atoms. The standard InChI is InChI=1S/C25H31N4/c1-6-15-27(4)20(2)26-18-22-7-11-24(12-8-22)25-13-9-23(10-14-25)19-29-17-16-28(5)21(29)3/h6-17H,18-19H2,1-5H3/q+1/b15-6-,26-20+. The van der Waals surface area contributed by atoms with Gasteiger partial charge in [-0.25, -0.2) is 9.13 Å². The number of benzene rings is 2. The van der Waals surface area contributed by atoms with Crippen molar-refractivity contribution >= 4 is 5.84 Å². The summed E-state index contributed by atoms with van der Waals surface area (Å²) in [5, 5.41) is 0. The monoisotopic (exact) mass is 387 g/mol. The van der Waals surface area contributed by atoms with Crippen LogP contribution in [0.15, 0.2) is 78.2 Å². The third-order valence-corrected chi connectivity index (χ3v) is 5.36. The van der Waals surface area contributed by atoms with Crippen LogP contribution in [0.3, 0.4) is 0 Å². The van der Waals surface area contributed by atoms with E-state index in [2.05, 4.69) is 89.0 Å². The first-order valence-corrected chi connectivity index (χ1v) is 10.0. The van der Waals surface area contributed by atoms with Crippen molar-refractivity contribution < 1.29 is 4.57 Å². The van der Waals surface area contributed by atoms with Gasteiger partial charge >= 0.3 is 0 Å². The smallest absolute Gasteiger partial charge is 0.253 e. The fourth-order valence-corrected chi connectivity index (χ4v) is 3.22. The fraction of sp³-hybridized carbons (Fsp3) is 0.280. The molecule has 3 rings (SSSR count). The molecule has 0 aliphatic carbocycles. The molecule has 29 heavy (non-hydrogen) atoms. The van der Waals surface area contributed by atoms with Gasteiger partial charge in [0, 0.05) is 20.2 Å². The second-order valence-corrected chi connectivity index (χ2v) is 7.43. The number of amidine groups is 1. The minimum Gasteiger partial charge on any atom is -0.340 e. The minimum atomic E-state index is 0.695. The molecule has 3 aromatic rings. The van der Waals surface area contributed by atoms with E-state index in [4.69, 9.17) is 0 Å². The van der Waals surface area contributed by atoms with Gasteiger partial charge in [-0.05, 0) is 36.1 Å². The summed E-state index contributed by atoms with van der Waals surface area (Å²) in [6.45, 7) is 7.77. The molecular weight excluding hydrogens is 356 g/mol. The zero-order valence-electron chi connectivity index (χ0n) is 18.1. The molecule has 0 saturated heterocycles. The summed E-state index contributed by atoms with van der Waals surface area (Å²) in [6.07, 6.45) is 8.25. The Morgan fingerprint density at radius 2 is 1.62 bits per heavy atom. The van der Waals surface area contributed by atoms with Gasteiger partial charge in [-0.1, -0.05) is 54.6 Å². The van der Waals surface area contributed by atoms with Crippen LogP contribution >= 0.6 is 0 Å². The average molecular weight is 388 g/mol. The van der Waals surface area contributed by atoms with E-state index < -0.39 is 0 Å². The van der Waals surface area contributed by atoms with Gasteiger partial charge in [0.2, 0.25) is 0 Å². The van der Waals surface area contributed by atoms with Crippen molar-refractivity contribution in [3.63, 3.8) is 0 Å². The van der Waals surface area contributed by atoms with Gasteiger partial charge in [-0.15, -0.1) is 0 Å². The predicted octanol–water partition coefficient (Wildman–Crippen LogP) is 4.72. The van der Waals surface area contributed by atoms with Gasteiger partial charge in [0.1, 0.15) is 18.9 Å². The Bertz CT molecular complexity index is 992. The summed E-state index contributed by atoms with van der Waals surface area (Å²) in [6, 6.07) is 17.5. The SMILES string of the molecule is C/C=C\N(C)/C(C)=N/Cc1ccc(-c2ccc(C[n+]3ccn(C)c3C)cc2)cc1. The Morgan fingerprint density at radius 3 is 2.14 bits per heavy atom. The Labute approximate surface area is 174 Å². The Hall–Kier alpha value is -3.14. The van der Waals surface area contributed by atoms with Crippen LogP contribution in [-0.4, -0.2) is 22.4 Å². The van der Waals surface area contributed by atoms with E-state index in [1.165, 1.54) is 28.1 Å². The van der Waals surface area contributed by atoms with Crippen molar-refractivity contribution in [2.45, 2.75) is 33.9 Å². The summed E-state index contributed by atoms with van der Waals surface area (Å²) in [7, 11) is 4.09. The van der Waals surface area contributed by atoms with Gasteiger partial charge < -0.3 is 4.90 Å². The van der Waals surface area contributed by atoms with Gasteiger partial charge in [0.05, 0.1) is 19.4 Å². The Morgan fingerprint density at radius 1 is 1.03 bits per heavy atom. The van der Waals surface area contributed by atoms with Crippen LogP contribution < -0.4 is 4.57 Å². The molecule has 0 amide bonds. The first-order chi connectivity index (χ1) is 14.0. The summed E-state index contributed by atoms with van der Waals surface area (Å²) in [5.74, 6) is 2.26. The molecule has 0 atom stereocenters. The molecule has 0 bridgehead atoms. The first kappa shape index (κ1) is 20.6. The number of nitrogens with zero attached hydrogens (tertiary/aromatic N) is 4. The van der Waals surface area contributed by atoms with Crippen molar-refractivity contribution in [3.05, 3.63) is 90.2 Å². The number of aromatic nitrogens is 2. The molecule has 1 aromatic heterocycles. The zero-order valence-corrected chi connectivity index (χ0v) is 18.1. The molecule has 4 heteroatoms. The highest BCUT2D eigenvalue weighted by Gasteiger charge is 2.09. The van der Waals surface area contributed by atoms with Crippen LogP contribution in [-0.2, 0) is 20.1 Å². The van der Waals surface area contributed by atoms with Crippen LogP contribution in [0.2, 0.25) is 0 Å². The Kier molecular flexibility index (Phi) is 6.65. The van der Waals surface area contributed by atoms with Crippen molar-refractivity contribution in [2.24, 2.45) is 12.0 Å². The number of aliphatic imine (C=N–C) groups is 1. The van der Waals surface area contributed by atoms with Crippen molar-refractivity contribution in [3.8, 4) is 11.1 Å². The van der Waals surface area contributed by atoms with E-state index in [1.54, 1.807) is 0 Å². The topological polar surface area (TPSA) is 24.4 Å². The lowest BCUT2D eigenvalue weighted by atomic mass is 10.0. The second-order valence-electron chi connectivity index (χ2n) is 7.43. The molecule has 0 saturated carbocycles. The summed E-state index contributed by atoms with van der Waals surface area (Å²) < 4.78 is 4.40. The largest absolute Gasteiger partial charge is 0.340 e. The molecule has 1 heterocycles. The fourth-order valence-electron chi connectivity index (χ4n) is 3.22. The van der Waals surface area contributed by atoms with E-state index in [9.17, 15) is 0 Å². The molecule has 0 aliphatic heterocycles. The normalized spacial score (nSPS) is 12.0. The lowest BCUT2D eigenvalue weighted by molar-refractivity contribution is -0.693. The van der Waals surface area contributed by atoms with E-state index in [0.717, 1.165) is 12.4 Å². The molecule has 4 nitrogen and oxygen atoms in total. The van der Waals surface area contributed by atoms with E-state index >= 15 is 0 Å². The maximum atomic E-state index is 4.66. The lowest BCUT2D eigenvalue weighted by Gasteiger charge is -2.13. The van der Waals surface area contributed by atoms with Crippen LogP contribution in [0.1, 0.15) is 30.8 Å². The second kappa shape index (κ2) is 9.37. The van der Waals surface area contributed by atoms with E-state index in [0.29, 0.717) is 6.54 Å². The highest BCUT2D eigenvalue weighted by molar-refractivity contribution is 5.80. The van der Waals surface area contributed by atoms with Crippen LogP contribution in [0.4, 0.5) is 0 Å². The first-order valence-electron chi connectivity index (χ1n) is 10.0. The summed E-state index contributed by atoms with van der Waals surface area (Å²) >= 11 is 0. The van der Waals surface area contributed by atoms with Gasteiger partial charge in [0.25, 0.3) is 5.82 Å². The average Bonchev–Trinajstić information content (AvgIpc) is 3.05. The third-order valence-electron chi connectivity index (χ3n) is 5.36. The number of allylic oxidation sites excluding steroid dienone is 1. The highest BCUT2D eigenvalue weighted by atomic mass is 15.1. The molecule has 0 fully saturated rings. The minimum absolute atomic E-state index is 0.695. The van der Waals surface area contributed by atoms with Crippen LogP contribution in [0, 0.1) is 6.92 Å². The number of aryl methyl sites for hydroxylation is 1. The molecule has 0 unspecified atom stereocenters. The molecule has 0 radical (unpaired) electrons. The molecular formula is C25H31N4+. The number of imidazole rings is 1. The van der Waals surface area contributed by atoms with Gasteiger partial charge in [-0.3, -0.25) is 4.99 Å². The summed E-state index contributed by atoms with van der Waals surface area (Å²) in [5.41, 5.74) is 4.99. The van der Waals surface area contributed by atoms with Gasteiger partial charge in [0.15, 0.2) is 0 Å². The highest BCUT2D eigenvalue weighted by Crippen LogP contribution is 2.21. The number of hydrogen-bond donors (Lipinski definition) is 0.